The number of carbonyl (C=O) groups is 1. The summed E-state index contributed by atoms with van der Waals surface area (Å²) in [6, 6.07) is 5.94. The van der Waals surface area contributed by atoms with Crippen LogP contribution >= 0.6 is 0 Å². The normalized spacial score (nSPS) is 26.3. The number of hydrogen-bond donors (Lipinski definition) is 2. The molecule has 2 heterocycles. The van der Waals surface area contributed by atoms with Gasteiger partial charge in [0.2, 0.25) is 5.91 Å². The van der Waals surface area contributed by atoms with Crippen LogP contribution in [0.1, 0.15) is 41.3 Å². The fourth-order valence-electron chi connectivity index (χ4n) is 3.83. The number of amides is 1. The molecule has 21 heavy (non-hydrogen) atoms. The van der Waals surface area contributed by atoms with Crippen molar-refractivity contribution in [2.75, 3.05) is 26.2 Å². The van der Waals surface area contributed by atoms with Gasteiger partial charge in [0.05, 0.1) is 0 Å². The quantitative estimate of drug-likeness (QED) is 0.886. The first kappa shape index (κ1) is 14.5. The number of nitrogens with zero attached hydrogens (tertiary/aromatic N) is 1. The second-order valence-corrected chi connectivity index (χ2v) is 6.86. The van der Waals surface area contributed by atoms with Crippen LogP contribution in [-0.4, -0.2) is 37.0 Å². The number of hydrogen-bond acceptors (Lipinski definition) is 3. The van der Waals surface area contributed by atoms with Gasteiger partial charge >= 0.3 is 0 Å². The predicted molar refractivity (Wildman–Crippen MR) is 84.2 cm³/mol. The summed E-state index contributed by atoms with van der Waals surface area (Å²) < 4.78 is 0. The lowest BCUT2D eigenvalue weighted by Gasteiger charge is -2.40. The Labute approximate surface area is 126 Å². The van der Waals surface area contributed by atoms with Crippen molar-refractivity contribution < 1.29 is 4.79 Å². The molecule has 1 atom stereocenters. The molecule has 0 aromatic heterocycles. The van der Waals surface area contributed by atoms with Crippen molar-refractivity contribution in [1.82, 2.24) is 10.2 Å². The number of carbonyl (C=O) groups excluding carboxylic acids is 1. The first-order valence-corrected chi connectivity index (χ1v) is 7.91. The standard InChI is InChI=1S/C17H25N3O/c1-17(7-3-8-19-11-17)12-20-9-6-14-13(10-20)4-2-5-15(14)16(18)21/h2,4-5,19H,3,6-12H2,1H3,(H2,18,21). The van der Waals surface area contributed by atoms with Crippen LogP contribution < -0.4 is 11.1 Å². The van der Waals surface area contributed by atoms with Crippen LogP contribution in [0.15, 0.2) is 18.2 Å². The Morgan fingerprint density at radius 1 is 1.48 bits per heavy atom. The van der Waals surface area contributed by atoms with Gasteiger partial charge in [0.15, 0.2) is 0 Å². The number of primary amides is 1. The maximum atomic E-state index is 11.5. The van der Waals surface area contributed by atoms with Gasteiger partial charge in [-0.25, -0.2) is 0 Å². The lowest BCUT2D eigenvalue weighted by Crippen LogP contribution is -2.47. The molecule has 0 radical (unpaired) electrons. The maximum absolute atomic E-state index is 11.5. The third-order valence-electron chi connectivity index (χ3n) is 4.90. The van der Waals surface area contributed by atoms with Gasteiger partial charge in [0, 0.05) is 31.7 Å². The minimum Gasteiger partial charge on any atom is -0.366 e. The lowest BCUT2D eigenvalue weighted by molar-refractivity contribution is 0.0995. The van der Waals surface area contributed by atoms with E-state index in [0.717, 1.165) is 44.7 Å². The van der Waals surface area contributed by atoms with E-state index in [2.05, 4.69) is 23.2 Å². The van der Waals surface area contributed by atoms with Crippen molar-refractivity contribution in [3.8, 4) is 0 Å². The molecule has 0 spiro atoms. The first-order valence-electron chi connectivity index (χ1n) is 7.91. The summed E-state index contributed by atoms with van der Waals surface area (Å²) in [5, 5.41) is 3.52. The number of benzene rings is 1. The molecule has 4 nitrogen and oxygen atoms in total. The molecular weight excluding hydrogens is 262 g/mol. The topological polar surface area (TPSA) is 58.4 Å². The van der Waals surface area contributed by atoms with Gasteiger partial charge in [-0.05, 0) is 48.4 Å². The van der Waals surface area contributed by atoms with Crippen LogP contribution in [0.25, 0.3) is 0 Å². The fourth-order valence-corrected chi connectivity index (χ4v) is 3.83. The van der Waals surface area contributed by atoms with Crippen LogP contribution in [0.4, 0.5) is 0 Å². The molecule has 3 N–H and O–H groups in total. The summed E-state index contributed by atoms with van der Waals surface area (Å²) in [5.41, 5.74) is 8.99. The molecule has 1 saturated heterocycles. The average Bonchev–Trinajstić information content (AvgIpc) is 2.46. The Balaban J connectivity index is 1.73. The number of rotatable bonds is 3. The molecule has 1 amide bonds. The molecule has 114 valence electrons. The molecule has 1 unspecified atom stereocenters. The van der Waals surface area contributed by atoms with E-state index < -0.39 is 0 Å². The first-order chi connectivity index (χ1) is 10.1. The number of nitrogens with one attached hydrogen (secondary N) is 1. The molecule has 4 heteroatoms. The highest BCUT2D eigenvalue weighted by Gasteiger charge is 2.30. The van der Waals surface area contributed by atoms with E-state index in [1.54, 1.807) is 0 Å². The van der Waals surface area contributed by atoms with Gasteiger partial charge in [-0.1, -0.05) is 19.1 Å². The Kier molecular flexibility index (Phi) is 4.00. The average molecular weight is 287 g/mol. The number of piperidine rings is 1. The van der Waals surface area contributed by atoms with E-state index in [0.29, 0.717) is 11.0 Å². The molecule has 1 aromatic rings. The van der Waals surface area contributed by atoms with Crippen LogP contribution in [0.5, 0.6) is 0 Å². The van der Waals surface area contributed by atoms with Crippen LogP contribution in [0, 0.1) is 5.41 Å². The Morgan fingerprint density at radius 2 is 2.33 bits per heavy atom. The smallest absolute Gasteiger partial charge is 0.248 e. The monoisotopic (exact) mass is 287 g/mol. The Hall–Kier alpha value is -1.39. The van der Waals surface area contributed by atoms with E-state index >= 15 is 0 Å². The molecule has 1 aromatic carbocycles. The summed E-state index contributed by atoms with van der Waals surface area (Å²) in [6.45, 7) is 7.73. The van der Waals surface area contributed by atoms with Crippen molar-refractivity contribution in [3.63, 3.8) is 0 Å². The van der Waals surface area contributed by atoms with E-state index in [1.165, 1.54) is 18.4 Å². The highest BCUT2D eigenvalue weighted by Crippen LogP contribution is 2.30. The zero-order valence-corrected chi connectivity index (χ0v) is 12.8. The van der Waals surface area contributed by atoms with Gasteiger partial charge in [0.1, 0.15) is 0 Å². The Morgan fingerprint density at radius 3 is 3.05 bits per heavy atom. The van der Waals surface area contributed by atoms with Crippen molar-refractivity contribution in [1.29, 1.82) is 0 Å². The third kappa shape index (κ3) is 3.11. The van der Waals surface area contributed by atoms with Gasteiger partial charge in [-0.3, -0.25) is 9.69 Å². The van der Waals surface area contributed by atoms with E-state index in [1.807, 2.05) is 12.1 Å². The number of fused-ring (bicyclic) bond motifs is 1. The molecule has 0 saturated carbocycles. The summed E-state index contributed by atoms with van der Waals surface area (Å²) >= 11 is 0. The summed E-state index contributed by atoms with van der Waals surface area (Å²) in [6.07, 6.45) is 3.50. The van der Waals surface area contributed by atoms with Gasteiger partial charge in [-0.15, -0.1) is 0 Å². The lowest BCUT2D eigenvalue weighted by atomic mass is 9.81. The van der Waals surface area contributed by atoms with E-state index in [4.69, 9.17) is 5.73 Å². The van der Waals surface area contributed by atoms with E-state index in [-0.39, 0.29) is 5.91 Å². The molecular formula is C17H25N3O. The second-order valence-electron chi connectivity index (χ2n) is 6.86. The van der Waals surface area contributed by atoms with Crippen LogP contribution in [-0.2, 0) is 13.0 Å². The van der Waals surface area contributed by atoms with Crippen molar-refractivity contribution in [3.05, 3.63) is 34.9 Å². The van der Waals surface area contributed by atoms with Crippen molar-refractivity contribution in [2.24, 2.45) is 11.1 Å². The molecule has 2 aliphatic rings. The highest BCUT2D eigenvalue weighted by molar-refractivity contribution is 5.94. The van der Waals surface area contributed by atoms with Crippen molar-refractivity contribution in [2.45, 2.75) is 32.7 Å². The fraction of sp³-hybridized carbons (Fsp3) is 0.588. The van der Waals surface area contributed by atoms with Gasteiger partial charge in [0.25, 0.3) is 0 Å². The van der Waals surface area contributed by atoms with E-state index in [9.17, 15) is 4.79 Å². The van der Waals surface area contributed by atoms with Gasteiger partial charge in [-0.2, -0.15) is 0 Å². The number of nitrogens with two attached hydrogens (primary N) is 1. The molecule has 1 fully saturated rings. The second kappa shape index (κ2) is 5.78. The molecule has 0 aliphatic carbocycles. The summed E-state index contributed by atoms with van der Waals surface area (Å²) in [7, 11) is 0. The zero-order valence-electron chi connectivity index (χ0n) is 12.8. The summed E-state index contributed by atoms with van der Waals surface area (Å²) in [5.74, 6) is -0.302. The van der Waals surface area contributed by atoms with Crippen molar-refractivity contribution >= 4 is 5.91 Å². The SMILES string of the molecule is CC1(CN2CCc3c(cccc3C(N)=O)C2)CCCNC1. The highest BCUT2D eigenvalue weighted by atomic mass is 16.1. The Bertz CT molecular complexity index is 535. The largest absolute Gasteiger partial charge is 0.366 e. The zero-order chi connectivity index (χ0) is 14.9. The van der Waals surface area contributed by atoms with Gasteiger partial charge < -0.3 is 11.1 Å². The maximum Gasteiger partial charge on any atom is 0.248 e. The minimum atomic E-state index is -0.302. The molecule has 3 rings (SSSR count). The third-order valence-corrected chi connectivity index (χ3v) is 4.90. The predicted octanol–water partition coefficient (Wildman–Crippen LogP) is 1.53. The molecule has 2 aliphatic heterocycles. The molecule has 0 bridgehead atoms. The summed E-state index contributed by atoms with van der Waals surface area (Å²) in [4.78, 5) is 14.1. The van der Waals surface area contributed by atoms with Crippen LogP contribution in [0.3, 0.4) is 0 Å². The minimum absolute atomic E-state index is 0.302. The van der Waals surface area contributed by atoms with Crippen LogP contribution in [0.2, 0.25) is 0 Å².